The van der Waals surface area contributed by atoms with Crippen molar-refractivity contribution in [3.05, 3.63) is 46.1 Å². The number of ether oxygens (including phenoxy) is 1. The SMILES string of the molecule is Cc1ccc(N2CC(Oc3cccc(Cl)c3Cl)C2)nn1. The Balaban J connectivity index is 1.61. The number of anilines is 1. The lowest BCUT2D eigenvalue weighted by atomic mass is 10.1. The van der Waals surface area contributed by atoms with Gasteiger partial charge < -0.3 is 9.64 Å². The van der Waals surface area contributed by atoms with E-state index in [9.17, 15) is 0 Å². The topological polar surface area (TPSA) is 38.2 Å². The van der Waals surface area contributed by atoms with E-state index in [4.69, 9.17) is 27.9 Å². The quantitative estimate of drug-likeness (QED) is 0.871. The van der Waals surface area contributed by atoms with Crippen LogP contribution in [0.15, 0.2) is 30.3 Å². The molecular weight excluding hydrogens is 297 g/mol. The standard InChI is InChI=1S/C14H13Cl2N3O/c1-9-5-6-13(18-17-9)19-7-10(8-19)20-12-4-2-3-11(15)14(12)16/h2-6,10H,7-8H2,1H3. The average Bonchev–Trinajstić information content (AvgIpc) is 2.39. The molecule has 4 nitrogen and oxygen atoms in total. The first kappa shape index (κ1) is 13.5. The van der Waals surface area contributed by atoms with E-state index in [1.165, 1.54) is 0 Å². The van der Waals surface area contributed by atoms with Crippen molar-refractivity contribution in [2.75, 3.05) is 18.0 Å². The van der Waals surface area contributed by atoms with Gasteiger partial charge in [0.25, 0.3) is 0 Å². The summed E-state index contributed by atoms with van der Waals surface area (Å²) in [5, 5.41) is 9.16. The van der Waals surface area contributed by atoms with Crippen molar-refractivity contribution in [2.24, 2.45) is 0 Å². The van der Waals surface area contributed by atoms with E-state index in [2.05, 4.69) is 15.1 Å². The van der Waals surface area contributed by atoms with Crippen LogP contribution >= 0.6 is 23.2 Å². The van der Waals surface area contributed by atoms with Crippen LogP contribution in [0.4, 0.5) is 5.82 Å². The second kappa shape index (κ2) is 5.46. The van der Waals surface area contributed by atoms with Crippen LogP contribution in [0, 0.1) is 6.92 Å². The molecule has 1 aliphatic heterocycles. The summed E-state index contributed by atoms with van der Waals surface area (Å²) in [7, 11) is 0. The third kappa shape index (κ3) is 2.67. The third-order valence-corrected chi connectivity index (χ3v) is 3.97. The molecule has 0 aliphatic carbocycles. The highest BCUT2D eigenvalue weighted by atomic mass is 35.5. The number of hydrogen-bond donors (Lipinski definition) is 0. The van der Waals surface area contributed by atoms with Crippen molar-refractivity contribution >= 4 is 29.0 Å². The monoisotopic (exact) mass is 309 g/mol. The highest BCUT2D eigenvalue weighted by Gasteiger charge is 2.30. The summed E-state index contributed by atoms with van der Waals surface area (Å²) in [4.78, 5) is 2.11. The van der Waals surface area contributed by atoms with Crippen molar-refractivity contribution in [3.8, 4) is 5.75 Å². The lowest BCUT2D eigenvalue weighted by molar-refractivity contribution is 0.167. The Morgan fingerprint density at radius 1 is 1.15 bits per heavy atom. The van der Waals surface area contributed by atoms with Gasteiger partial charge in [-0.1, -0.05) is 29.3 Å². The molecule has 1 aromatic heterocycles. The molecule has 1 aromatic carbocycles. The molecule has 1 aliphatic rings. The van der Waals surface area contributed by atoms with E-state index in [-0.39, 0.29) is 6.10 Å². The number of hydrogen-bond acceptors (Lipinski definition) is 4. The highest BCUT2D eigenvalue weighted by molar-refractivity contribution is 6.42. The summed E-state index contributed by atoms with van der Waals surface area (Å²) >= 11 is 12.1. The minimum atomic E-state index is 0.0917. The normalized spacial score (nSPS) is 15.1. The van der Waals surface area contributed by atoms with Crippen molar-refractivity contribution in [2.45, 2.75) is 13.0 Å². The van der Waals surface area contributed by atoms with E-state index in [1.54, 1.807) is 6.07 Å². The smallest absolute Gasteiger partial charge is 0.151 e. The van der Waals surface area contributed by atoms with Gasteiger partial charge in [-0.25, -0.2) is 0 Å². The molecule has 6 heteroatoms. The Morgan fingerprint density at radius 2 is 1.95 bits per heavy atom. The molecule has 0 N–H and O–H groups in total. The van der Waals surface area contributed by atoms with Crippen molar-refractivity contribution in [1.29, 1.82) is 0 Å². The summed E-state index contributed by atoms with van der Waals surface area (Å²) in [6, 6.07) is 9.30. The zero-order valence-corrected chi connectivity index (χ0v) is 12.4. The zero-order chi connectivity index (χ0) is 14.1. The number of halogens is 2. The van der Waals surface area contributed by atoms with Crippen LogP contribution in [-0.4, -0.2) is 29.4 Å². The summed E-state index contributed by atoms with van der Waals surface area (Å²) in [6.07, 6.45) is 0.0917. The molecular formula is C14H13Cl2N3O. The molecule has 0 saturated carbocycles. The molecule has 3 rings (SSSR count). The van der Waals surface area contributed by atoms with Gasteiger partial charge in [0.05, 0.1) is 23.8 Å². The fraction of sp³-hybridized carbons (Fsp3) is 0.286. The van der Waals surface area contributed by atoms with Gasteiger partial charge >= 0.3 is 0 Å². The number of benzene rings is 1. The van der Waals surface area contributed by atoms with Gasteiger partial charge in [0.1, 0.15) is 16.9 Å². The second-order valence-corrected chi connectivity index (χ2v) is 5.51. The van der Waals surface area contributed by atoms with Gasteiger partial charge in [-0.15, -0.1) is 5.10 Å². The predicted molar refractivity (Wildman–Crippen MR) is 79.9 cm³/mol. The number of aromatic nitrogens is 2. The van der Waals surface area contributed by atoms with Crippen LogP contribution in [-0.2, 0) is 0 Å². The van der Waals surface area contributed by atoms with Gasteiger partial charge in [0, 0.05) is 0 Å². The largest absolute Gasteiger partial charge is 0.485 e. The first-order valence-corrected chi connectivity index (χ1v) is 7.05. The van der Waals surface area contributed by atoms with E-state index in [0.717, 1.165) is 24.6 Å². The van der Waals surface area contributed by atoms with Crippen molar-refractivity contribution < 1.29 is 4.74 Å². The first-order valence-electron chi connectivity index (χ1n) is 6.29. The summed E-state index contributed by atoms with van der Waals surface area (Å²) < 4.78 is 5.83. The molecule has 0 bridgehead atoms. The summed E-state index contributed by atoms with van der Waals surface area (Å²) in [6.45, 7) is 3.45. The lowest BCUT2D eigenvalue weighted by Gasteiger charge is -2.39. The van der Waals surface area contributed by atoms with E-state index in [1.807, 2.05) is 31.2 Å². The fourth-order valence-electron chi connectivity index (χ4n) is 2.01. The van der Waals surface area contributed by atoms with Gasteiger partial charge in [-0.3, -0.25) is 0 Å². The molecule has 104 valence electrons. The number of rotatable bonds is 3. The maximum absolute atomic E-state index is 6.10. The first-order chi connectivity index (χ1) is 9.63. The van der Waals surface area contributed by atoms with Crippen LogP contribution in [0.25, 0.3) is 0 Å². The Labute approximate surface area is 127 Å². The Hall–Kier alpha value is -1.52. The summed E-state index contributed by atoms with van der Waals surface area (Å²) in [5.41, 5.74) is 0.910. The Bertz CT molecular complexity index is 612. The zero-order valence-electron chi connectivity index (χ0n) is 10.9. The maximum Gasteiger partial charge on any atom is 0.151 e. The second-order valence-electron chi connectivity index (χ2n) is 4.73. The van der Waals surface area contributed by atoms with Crippen LogP contribution in [0.1, 0.15) is 5.69 Å². The van der Waals surface area contributed by atoms with Gasteiger partial charge in [-0.05, 0) is 31.2 Å². The van der Waals surface area contributed by atoms with Crippen LogP contribution < -0.4 is 9.64 Å². The minimum absolute atomic E-state index is 0.0917. The highest BCUT2D eigenvalue weighted by Crippen LogP contribution is 2.33. The maximum atomic E-state index is 6.10. The average molecular weight is 310 g/mol. The fourth-order valence-corrected chi connectivity index (χ4v) is 2.35. The Morgan fingerprint density at radius 3 is 2.65 bits per heavy atom. The van der Waals surface area contributed by atoms with Gasteiger partial charge in [0.2, 0.25) is 0 Å². The van der Waals surface area contributed by atoms with Crippen LogP contribution in [0.2, 0.25) is 10.0 Å². The Kier molecular flexibility index (Phi) is 3.68. The van der Waals surface area contributed by atoms with Crippen LogP contribution in [0.5, 0.6) is 5.75 Å². The number of aryl methyl sites for hydroxylation is 1. The summed E-state index contributed by atoms with van der Waals surface area (Å²) in [5.74, 6) is 1.49. The minimum Gasteiger partial charge on any atom is -0.485 e. The van der Waals surface area contributed by atoms with E-state index in [0.29, 0.717) is 15.8 Å². The third-order valence-electron chi connectivity index (χ3n) is 3.17. The molecule has 20 heavy (non-hydrogen) atoms. The van der Waals surface area contributed by atoms with Crippen molar-refractivity contribution in [3.63, 3.8) is 0 Å². The molecule has 0 radical (unpaired) electrons. The molecule has 0 unspecified atom stereocenters. The van der Waals surface area contributed by atoms with Crippen molar-refractivity contribution in [1.82, 2.24) is 10.2 Å². The van der Waals surface area contributed by atoms with Crippen LogP contribution in [0.3, 0.4) is 0 Å². The lowest BCUT2D eigenvalue weighted by Crippen LogP contribution is -2.54. The van der Waals surface area contributed by atoms with E-state index < -0.39 is 0 Å². The molecule has 0 atom stereocenters. The number of nitrogens with zero attached hydrogens (tertiary/aromatic N) is 3. The molecule has 2 heterocycles. The van der Waals surface area contributed by atoms with E-state index >= 15 is 0 Å². The molecule has 1 fully saturated rings. The molecule has 2 aromatic rings. The molecule has 0 amide bonds. The van der Waals surface area contributed by atoms with Gasteiger partial charge in [-0.2, -0.15) is 5.10 Å². The molecule has 0 spiro atoms. The molecule has 1 saturated heterocycles. The predicted octanol–water partition coefficient (Wildman–Crippen LogP) is 3.36. The van der Waals surface area contributed by atoms with Gasteiger partial charge in [0.15, 0.2) is 5.82 Å².